The largest absolute Gasteiger partial charge is 0.362 e. The molecule has 1 aliphatic rings. The standard InChI is InChI=1S/C19H25N5O/c1-12-7-6-8-16(13(12)2)22-19(25)24-10-9-17-15(11-24)18(23(4)5)21-14(3)20-17/h6-8H,9-11H2,1-5H3,(H,22,25). The summed E-state index contributed by atoms with van der Waals surface area (Å²) in [6, 6.07) is 5.87. The number of anilines is 2. The second kappa shape index (κ2) is 6.70. The first kappa shape index (κ1) is 17.2. The number of hydrogen-bond acceptors (Lipinski definition) is 4. The molecule has 0 spiro atoms. The van der Waals surface area contributed by atoms with Crippen molar-refractivity contribution in [2.75, 3.05) is 30.9 Å². The third-order valence-corrected chi connectivity index (χ3v) is 4.71. The number of amides is 2. The molecule has 2 heterocycles. The van der Waals surface area contributed by atoms with E-state index in [0.717, 1.165) is 40.6 Å². The van der Waals surface area contributed by atoms with Gasteiger partial charge in [-0.15, -0.1) is 0 Å². The molecular formula is C19H25N5O. The van der Waals surface area contributed by atoms with Crippen molar-refractivity contribution in [3.05, 3.63) is 46.4 Å². The maximum absolute atomic E-state index is 12.7. The van der Waals surface area contributed by atoms with Crippen LogP contribution in [0.25, 0.3) is 0 Å². The zero-order valence-electron chi connectivity index (χ0n) is 15.6. The molecule has 6 heteroatoms. The van der Waals surface area contributed by atoms with E-state index in [1.165, 1.54) is 5.56 Å². The first-order chi connectivity index (χ1) is 11.9. The summed E-state index contributed by atoms with van der Waals surface area (Å²) in [5.41, 5.74) is 5.22. The Bertz CT molecular complexity index is 816. The highest BCUT2D eigenvalue weighted by atomic mass is 16.2. The first-order valence-corrected chi connectivity index (χ1v) is 8.52. The average Bonchev–Trinajstić information content (AvgIpc) is 2.57. The highest BCUT2D eigenvalue weighted by Crippen LogP contribution is 2.26. The summed E-state index contributed by atoms with van der Waals surface area (Å²) < 4.78 is 0. The van der Waals surface area contributed by atoms with Gasteiger partial charge in [0.25, 0.3) is 0 Å². The number of urea groups is 1. The fourth-order valence-corrected chi connectivity index (χ4v) is 3.14. The number of hydrogen-bond donors (Lipinski definition) is 1. The Morgan fingerprint density at radius 3 is 2.68 bits per heavy atom. The SMILES string of the molecule is Cc1nc2c(c(N(C)C)n1)CN(C(=O)Nc1cccc(C)c1C)CC2. The van der Waals surface area contributed by atoms with Crippen LogP contribution >= 0.6 is 0 Å². The minimum absolute atomic E-state index is 0.0790. The van der Waals surface area contributed by atoms with E-state index in [0.29, 0.717) is 13.1 Å². The van der Waals surface area contributed by atoms with Crippen LogP contribution in [-0.4, -0.2) is 41.5 Å². The maximum atomic E-state index is 12.7. The Hall–Kier alpha value is -2.63. The molecule has 1 aromatic carbocycles. The van der Waals surface area contributed by atoms with Crippen molar-refractivity contribution >= 4 is 17.5 Å². The molecule has 0 aliphatic carbocycles. The Labute approximate surface area is 148 Å². The molecule has 3 rings (SSSR count). The normalized spacial score (nSPS) is 13.4. The third kappa shape index (κ3) is 3.43. The summed E-state index contributed by atoms with van der Waals surface area (Å²) in [6.45, 7) is 7.17. The van der Waals surface area contributed by atoms with Gasteiger partial charge in [-0.3, -0.25) is 0 Å². The summed E-state index contributed by atoms with van der Waals surface area (Å²) in [6.07, 6.45) is 0.750. The van der Waals surface area contributed by atoms with Crippen LogP contribution < -0.4 is 10.2 Å². The molecule has 1 aromatic heterocycles. The number of rotatable bonds is 2. The molecule has 6 nitrogen and oxygen atoms in total. The van der Waals surface area contributed by atoms with E-state index in [1.54, 1.807) is 0 Å². The number of benzene rings is 1. The number of fused-ring (bicyclic) bond motifs is 1. The lowest BCUT2D eigenvalue weighted by Crippen LogP contribution is -2.40. The van der Waals surface area contributed by atoms with Crippen molar-refractivity contribution < 1.29 is 4.79 Å². The summed E-state index contributed by atoms with van der Waals surface area (Å²) >= 11 is 0. The lowest BCUT2D eigenvalue weighted by molar-refractivity contribution is 0.206. The van der Waals surface area contributed by atoms with Crippen LogP contribution in [0.3, 0.4) is 0 Å². The summed E-state index contributed by atoms with van der Waals surface area (Å²) in [5.74, 6) is 1.67. The smallest absolute Gasteiger partial charge is 0.322 e. The number of nitrogens with one attached hydrogen (secondary N) is 1. The average molecular weight is 339 g/mol. The number of nitrogens with zero attached hydrogens (tertiary/aromatic N) is 4. The monoisotopic (exact) mass is 339 g/mol. The van der Waals surface area contributed by atoms with Crippen LogP contribution in [0.2, 0.25) is 0 Å². The summed E-state index contributed by atoms with van der Waals surface area (Å²) in [7, 11) is 3.94. The van der Waals surface area contributed by atoms with Crippen molar-refractivity contribution in [1.82, 2.24) is 14.9 Å². The Morgan fingerprint density at radius 2 is 1.96 bits per heavy atom. The molecule has 0 bridgehead atoms. The molecule has 0 saturated carbocycles. The van der Waals surface area contributed by atoms with Gasteiger partial charge in [-0.1, -0.05) is 12.1 Å². The lowest BCUT2D eigenvalue weighted by Gasteiger charge is -2.31. The lowest BCUT2D eigenvalue weighted by atomic mass is 10.1. The van der Waals surface area contributed by atoms with E-state index in [4.69, 9.17) is 0 Å². The topological polar surface area (TPSA) is 61.4 Å². The minimum Gasteiger partial charge on any atom is -0.362 e. The number of aryl methyl sites for hydroxylation is 2. The molecule has 25 heavy (non-hydrogen) atoms. The van der Waals surface area contributed by atoms with Gasteiger partial charge in [0.05, 0.1) is 12.2 Å². The molecule has 1 aliphatic heterocycles. The second-order valence-corrected chi connectivity index (χ2v) is 6.76. The molecule has 0 radical (unpaired) electrons. The van der Waals surface area contributed by atoms with Gasteiger partial charge in [-0.25, -0.2) is 14.8 Å². The number of carbonyl (C=O) groups is 1. The zero-order chi connectivity index (χ0) is 18.1. The van der Waals surface area contributed by atoms with Crippen LogP contribution in [-0.2, 0) is 13.0 Å². The van der Waals surface area contributed by atoms with E-state index < -0.39 is 0 Å². The van der Waals surface area contributed by atoms with Gasteiger partial charge in [0.2, 0.25) is 0 Å². The fourth-order valence-electron chi connectivity index (χ4n) is 3.14. The van der Waals surface area contributed by atoms with Crippen molar-refractivity contribution in [1.29, 1.82) is 0 Å². The van der Waals surface area contributed by atoms with E-state index in [9.17, 15) is 4.79 Å². The van der Waals surface area contributed by atoms with Crippen molar-refractivity contribution in [2.24, 2.45) is 0 Å². The van der Waals surface area contributed by atoms with Crippen LogP contribution in [0.15, 0.2) is 18.2 Å². The minimum atomic E-state index is -0.0790. The maximum Gasteiger partial charge on any atom is 0.322 e. The van der Waals surface area contributed by atoms with Gasteiger partial charge >= 0.3 is 6.03 Å². The van der Waals surface area contributed by atoms with Gasteiger partial charge < -0.3 is 15.1 Å². The first-order valence-electron chi connectivity index (χ1n) is 8.52. The van der Waals surface area contributed by atoms with Crippen LogP contribution in [0.1, 0.15) is 28.2 Å². The summed E-state index contributed by atoms with van der Waals surface area (Å²) in [4.78, 5) is 25.7. The molecule has 0 fully saturated rings. The number of aromatic nitrogens is 2. The van der Waals surface area contributed by atoms with Crippen molar-refractivity contribution in [3.63, 3.8) is 0 Å². The Morgan fingerprint density at radius 1 is 1.20 bits per heavy atom. The van der Waals surface area contributed by atoms with Gasteiger partial charge in [0.15, 0.2) is 0 Å². The molecule has 2 amide bonds. The van der Waals surface area contributed by atoms with Gasteiger partial charge in [0.1, 0.15) is 11.6 Å². The van der Waals surface area contributed by atoms with E-state index in [2.05, 4.69) is 15.3 Å². The van der Waals surface area contributed by atoms with E-state index >= 15 is 0 Å². The predicted molar refractivity (Wildman–Crippen MR) is 100 cm³/mol. The predicted octanol–water partition coefficient (Wildman–Crippen LogP) is 3.06. The number of carbonyl (C=O) groups excluding carboxylic acids is 1. The second-order valence-electron chi connectivity index (χ2n) is 6.76. The molecular weight excluding hydrogens is 314 g/mol. The zero-order valence-corrected chi connectivity index (χ0v) is 15.6. The highest BCUT2D eigenvalue weighted by molar-refractivity contribution is 5.90. The molecule has 0 saturated heterocycles. The molecule has 2 aromatic rings. The third-order valence-electron chi connectivity index (χ3n) is 4.71. The van der Waals surface area contributed by atoms with Crippen LogP contribution in [0.5, 0.6) is 0 Å². The van der Waals surface area contributed by atoms with Gasteiger partial charge in [-0.2, -0.15) is 0 Å². The molecule has 0 atom stereocenters. The molecule has 132 valence electrons. The van der Waals surface area contributed by atoms with Gasteiger partial charge in [0, 0.05) is 38.3 Å². The summed E-state index contributed by atoms with van der Waals surface area (Å²) in [5, 5.41) is 3.04. The van der Waals surface area contributed by atoms with Crippen LogP contribution in [0.4, 0.5) is 16.3 Å². The highest BCUT2D eigenvalue weighted by Gasteiger charge is 2.26. The Balaban J connectivity index is 1.82. The Kier molecular flexibility index (Phi) is 4.61. The van der Waals surface area contributed by atoms with E-state index in [-0.39, 0.29) is 6.03 Å². The van der Waals surface area contributed by atoms with Crippen molar-refractivity contribution in [3.8, 4) is 0 Å². The van der Waals surface area contributed by atoms with E-state index in [1.807, 2.05) is 62.9 Å². The van der Waals surface area contributed by atoms with Gasteiger partial charge in [-0.05, 0) is 38.0 Å². The van der Waals surface area contributed by atoms with Crippen molar-refractivity contribution in [2.45, 2.75) is 33.7 Å². The molecule has 1 N–H and O–H groups in total. The van der Waals surface area contributed by atoms with Crippen LogP contribution in [0, 0.1) is 20.8 Å². The quantitative estimate of drug-likeness (QED) is 0.913. The molecule has 0 unspecified atom stereocenters. The fraction of sp³-hybridized carbons (Fsp3) is 0.421.